The van der Waals surface area contributed by atoms with E-state index in [1.807, 2.05) is 109 Å². The number of carbonyl (C=O) groups is 1. The number of Topliss-reactive ketones (excluding diaryl/α,β-unsaturated/α-hetero) is 1. The second-order valence-electron chi connectivity index (χ2n) is 11.4. The average molecular weight is 569 g/mol. The van der Waals surface area contributed by atoms with Crippen molar-refractivity contribution in [1.82, 2.24) is 4.98 Å². The van der Waals surface area contributed by atoms with E-state index in [4.69, 9.17) is 4.98 Å². The molecule has 7 aromatic rings. The number of rotatable bonds is 4. The maximum atomic E-state index is 14.7. The third-order valence-electron chi connectivity index (χ3n) is 8.86. The van der Waals surface area contributed by atoms with Crippen molar-refractivity contribution in [3.05, 3.63) is 162 Å². The minimum Gasteiger partial charge on any atom is -0.618 e. The second kappa shape index (κ2) is 10.6. The van der Waals surface area contributed by atoms with Gasteiger partial charge in [0.2, 0.25) is 5.69 Å². The van der Waals surface area contributed by atoms with Crippen LogP contribution in [0.4, 0.5) is 0 Å². The Balaban J connectivity index is 1.47. The summed E-state index contributed by atoms with van der Waals surface area (Å²) < 4.78 is 1.01. The predicted molar refractivity (Wildman–Crippen MR) is 176 cm³/mol. The first-order chi connectivity index (χ1) is 21.7. The topological polar surface area (TPSA) is 56.9 Å². The first kappa shape index (κ1) is 26.1. The number of hydrogen-bond acceptors (Lipinski definition) is 3. The van der Waals surface area contributed by atoms with Crippen LogP contribution in [0, 0.1) is 5.21 Å². The third-order valence-corrected chi connectivity index (χ3v) is 8.86. The maximum absolute atomic E-state index is 14.7. The Hall–Kier alpha value is -5.61. The molecule has 210 valence electrons. The molecule has 5 aromatic carbocycles. The normalized spacial score (nSPS) is 14.5. The molecular formula is C40H28N2O2. The van der Waals surface area contributed by atoms with Crippen LogP contribution in [-0.2, 0) is 6.42 Å². The van der Waals surface area contributed by atoms with E-state index in [0.717, 1.165) is 54.2 Å². The number of fused-ring (bicyclic) bond motifs is 4. The molecule has 0 fully saturated rings. The lowest BCUT2D eigenvalue weighted by Gasteiger charge is -2.25. The van der Waals surface area contributed by atoms with Gasteiger partial charge in [-0.25, -0.2) is 4.98 Å². The van der Waals surface area contributed by atoms with Crippen molar-refractivity contribution in [2.45, 2.75) is 18.8 Å². The largest absolute Gasteiger partial charge is 0.618 e. The van der Waals surface area contributed by atoms with E-state index in [1.165, 1.54) is 0 Å². The average Bonchev–Trinajstić information content (AvgIpc) is 3.09. The molecule has 0 amide bonds. The van der Waals surface area contributed by atoms with E-state index < -0.39 is 0 Å². The molecule has 0 aliphatic heterocycles. The summed E-state index contributed by atoms with van der Waals surface area (Å²) in [7, 11) is 0. The highest BCUT2D eigenvalue weighted by Gasteiger charge is 2.37. The minimum atomic E-state index is -0.0598. The highest BCUT2D eigenvalue weighted by molar-refractivity contribution is 6.14. The van der Waals surface area contributed by atoms with Gasteiger partial charge in [-0.15, -0.1) is 0 Å². The molecule has 0 N–H and O–H groups in total. The van der Waals surface area contributed by atoms with Crippen molar-refractivity contribution >= 4 is 27.3 Å². The summed E-state index contributed by atoms with van der Waals surface area (Å²) in [5.74, 6) is -0.0508. The number of hydrogen-bond donors (Lipinski definition) is 0. The molecule has 0 spiro atoms. The lowest BCUT2D eigenvalue weighted by molar-refractivity contribution is -0.601. The quantitative estimate of drug-likeness (QED) is 0.157. The van der Waals surface area contributed by atoms with E-state index in [9.17, 15) is 10.0 Å². The molecule has 0 saturated carbocycles. The van der Waals surface area contributed by atoms with Crippen LogP contribution in [0.3, 0.4) is 0 Å². The number of nitrogens with zero attached hydrogens (tertiary/aromatic N) is 2. The van der Waals surface area contributed by atoms with Crippen LogP contribution in [0.1, 0.15) is 34.0 Å². The van der Waals surface area contributed by atoms with Crippen molar-refractivity contribution in [3.63, 3.8) is 0 Å². The van der Waals surface area contributed by atoms with Crippen LogP contribution in [0.25, 0.3) is 55.3 Å². The molecule has 2 aromatic heterocycles. The number of pyridine rings is 2. The highest BCUT2D eigenvalue weighted by atomic mass is 16.5. The van der Waals surface area contributed by atoms with Gasteiger partial charge < -0.3 is 5.21 Å². The van der Waals surface area contributed by atoms with Crippen LogP contribution in [0.2, 0.25) is 0 Å². The third kappa shape index (κ3) is 4.18. The van der Waals surface area contributed by atoms with Gasteiger partial charge in [0.25, 0.3) is 5.69 Å². The second-order valence-corrected chi connectivity index (χ2v) is 11.4. The van der Waals surface area contributed by atoms with Gasteiger partial charge in [0.15, 0.2) is 5.78 Å². The zero-order valence-corrected chi connectivity index (χ0v) is 24.0. The molecule has 0 radical (unpaired) electrons. The Morgan fingerprint density at radius 2 is 1.07 bits per heavy atom. The van der Waals surface area contributed by atoms with Crippen LogP contribution < -0.4 is 4.73 Å². The zero-order valence-electron chi connectivity index (χ0n) is 24.0. The Morgan fingerprint density at radius 1 is 0.545 bits per heavy atom. The van der Waals surface area contributed by atoms with Crippen LogP contribution >= 0.6 is 0 Å². The van der Waals surface area contributed by atoms with E-state index in [1.54, 1.807) is 0 Å². The van der Waals surface area contributed by atoms with E-state index >= 15 is 0 Å². The summed E-state index contributed by atoms with van der Waals surface area (Å²) >= 11 is 0. The highest BCUT2D eigenvalue weighted by Crippen LogP contribution is 2.43. The summed E-state index contributed by atoms with van der Waals surface area (Å²) in [5, 5.41) is 18.2. The summed E-state index contributed by atoms with van der Waals surface area (Å²) in [5.41, 5.74) is 7.09. The fourth-order valence-corrected chi connectivity index (χ4v) is 6.87. The molecule has 2 heterocycles. The number of carbonyl (C=O) groups excluding carboxylic acids is 1. The Morgan fingerprint density at radius 3 is 1.73 bits per heavy atom. The number of benzene rings is 5. The molecule has 8 rings (SSSR count). The first-order valence-electron chi connectivity index (χ1n) is 15.0. The minimum absolute atomic E-state index is 0.00895. The summed E-state index contributed by atoms with van der Waals surface area (Å²) in [4.78, 5) is 19.1. The van der Waals surface area contributed by atoms with Gasteiger partial charge in [0.05, 0.1) is 16.6 Å². The molecule has 1 unspecified atom stereocenters. The standard InChI is InChI=1S/C40H28N2O2/c43-35-25-29(26-14-4-1-5-15-26)24-34-37(35)31-21-11-13-23-33(31)40(42(34)44)39-32-22-12-10-20-30(32)36(27-16-6-2-7-17-27)38(41-39)28-18-8-3-9-19-28/h1-23,29H,24-25H2. The Labute approximate surface area is 255 Å². The fourth-order valence-electron chi connectivity index (χ4n) is 6.87. The van der Waals surface area contributed by atoms with E-state index in [-0.39, 0.29) is 11.7 Å². The van der Waals surface area contributed by atoms with Gasteiger partial charge in [0.1, 0.15) is 5.69 Å². The van der Waals surface area contributed by atoms with Crippen molar-refractivity contribution in [2.75, 3.05) is 0 Å². The van der Waals surface area contributed by atoms with Crippen molar-refractivity contribution in [3.8, 4) is 33.8 Å². The lowest BCUT2D eigenvalue weighted by Crippen LogP contribution is -2.40. The summed E-state index contributed by atoms with van der Waals surface area (Å²) in [6.45, 7) is 0. The van der Waals surface area contributed by atoms with Crippen molar-refractivity contribution < 1.29 is 9.52 Å². The van der Waals surface area contributed by atoms with Crippen LogP contribution in [-0.4, -0.2) is 10.8 Å². The fraction of sp³-hybridized carbons (Fsp3) is 0.0750. The molecule has 1 aliphatic carbocycles. The monoisotopic (exact) mass is 568 g/mol. The zero-order chi connectivity index (χ0) is 29.6. The Kier molecular flexibility index (Phi) is 6.27. The van der Waals surface area contributed by atoms with Crippen molar-refractivity contribution in [1.29, 1.82) is 0 Å². The molecular weight excluding hydrogens is 540 g/mol. The lowest BCUT2D eigenvalue weighted by atomic mass is 9.79. The van der Waals surface area contributed by atoms with Crippen LogP contribution in [0.5, 0.6) is 0 Å². The molecule has 0 saturated heterocycles. The summed E-state index contributed by atoms with van der Waals surface area (Å²) in [6, 6.07) is 46.5. The number of aromatic nitrogens is 2. The van der Waals surface area contributed by atoms with Crippen molar-refractivity contribution in [2.24, 2.45) is 0 Å². The maximum Gasteiger partial charge on any atom is 0.251 e. The SMILES string of the molecule is O=C1CC(c2ccccc2)Cc2c1c1ccccc1c(-c1nc(-c3ccccc3)c(-c3ccccc3)c3ccccc13)[n+]2[O-]. The van der Waals surface area contributed by atoms with E-state index in [2.05, 4.69) is 30.3 Å². The van der Waals surface area contributed by atoms with Gasteiger partial charge >= 0.3 is 0 Å². The van der Waals surface area contributed by atoms with E-state index in [0.29, 0.717) is 35.5 Å². The van der Waals surface area contributed by atoms with Gasteiger partial charge in [0, 0.05) is 40.7 Å². The predicted octanol–water partition coefficient (Wildman–Crippen LogP) is 8.94. The number of ketones is 1. The van der Waals surface area contributed by atoms with Gasteiger partial charge in [-0.1, -0.05) is 133 Å². The molecule has 4 nitrogen and oxygen atoms in total. The molecule has 0 bridgehead atoms. The van der Waals surface area contributed by atoms with Crippen LogP contribution in [0.15, 0.2) is 140 Å². The Bertz CT molecular complexity index is 2190. The van der Waals surface area contributed by atoms with Gasteiger partial charge in [-0.3, -0.25) is 4.79 Å². The molecule has 4 heteroatoms. The molecule has 1 atom stereocenters. The molecule has 44 heavy (non-hydrogen) atoms. The smallest absolute Gasteiger partial charge is 0.251 e. The summed E-state index contributed by atoms with van der Waals surface area (Å²) in [6.07, 6.45) is 0.865. The first-order valence-corrected chi connectivity index (χ1v) is 15.0. The van der Waals surface area contributed by atoms with Gasteiger partial charge in [-0.2, -0.15) is 4.73 Å². The molecule has 1 aliphatic rings. The van der Waals surface area contributed by atoms with Gasteiger partial charge in [-0.05, 0) is 22.6 Å².